The number of halogens is 1. The molecule has 1 saturated carbocycles. The molecule has 0 bridgehead atoms. The zero-order valence-electron chi connectivity index (χ0n) is 15.2. The Morgan fingerprint density at radius 3 is 2.78 bits per heavy atom. The Bertz CT molecular complexity index is 853. The Morgan fingerprint density at radius 2 is 2.07 bits per heavy atom. The van der Waals surface area contributed by atoms with Crippen LogP contribution in [0.4, 0.5) is 15.0 Å². The monoisotopic (exact) mass is 372 g/mol. The van der Waals surface area contributed by atoms with E-state index in [2.05, 4.69) is 15.6 Å². The number of anilines is 1. The minimum Gasteiger partial charge on any atom is -0.487 e. The van der Waals surface area contributed by atoms with E-state index in [1.807, 2.05) is 0 Å². The smallest absolute Gasteiger partial charge is 0.320 e. The van der Waals surface area contributed by atoms with Gasteiger partial charge in [0.1, 0.15) is 5.82 Å². The van der Waals surface area contributed by atoms with Crippen LogP contribution in [0.25, 0.3) is 0 Å². The largest absolute Gasteiger partial charge is 0.487 e. The highest BCUT2D eigenvalue weighted by molar-refractivity contribution is 5.95. The predicted molar refractivity (Wildman–Crippen MR) is 98.2 cm³/mol. The second kappa shape index (κ2) is 8.03. The van der Waals surface area contributed by atoms with Gasteiger partial charge in [-0.05, 0) is 31.0 Å². The third-order valence-corrected chi connectivity index (χ3v) is 3.96. The van der Waals surface area contributed by atoms with Crippen LogP contribution in [0.5, 0.6) is 5.75 Å². The number of rotatable bonds is 6. The Labute approximate surface area is 156 Å². The highest BCUT2D eigenvalue weighted by Gasteiger charge is 2.25. The van der Waals surface area contributed by atoms with Crippen LogP contribution in [0.1, 0.15) is 28.8 Å². The van der Waals surface area contributed by atoms with Gasteiger partial charge in [0.25, 0.3) is 5.91 Å². The first kappa shape index (κ1) is 18.6. The summed E-state index contributed by atoms with van der Waals surface area (Å²) in [6.07, 6.45) is 3.40. The SMILES string of the molecule is CN(C)C(=O)c1ccnc(NC(=O)NCc2cccc(OC3CC3)c2F)c1. The van der Waals surface area contributed by atoms with Gasteiger partial charge in [0, 0.05) is 38.0 Å². The Hall–Kier alpha value is -3.16. The van der Waals surface area contributed by atoms with Crippen molar-refractivity contribution in [3.8, 4) is 5.75 Å². The van der Waals surface area contributed by atoms with Gasteiger partial charge in [0.2, 0.25) is 0 Å². The Kier molecular flexibility index (Phi) is 5.54. The normalized spacial score (nSPS) is 13.0. The Morgan fingerprint density at radius 1 is 1.30 bits per heavy atom. The third kappa shape index (κ3) is 4.93. The number of carbonyl (C=O) groups is 2. The highest BCUT2D eigenvalue weighted by Crippen LogP contribution is 2.29. The average Bonchev–Trinajstić information content (AvgIpc) is 3.46. The van der Waals surface area contributed by atoms with E-state index < -0.39 is 11.8 Å². The zero-order valence-corrected chi connectivity index (χ0v) is 15.2. The fraction of sp³-hybridized carbons (Fsp3) is 0.316. The minimum atomic E-state index is -0.551. The molecule has 1 aromatic carbocycles. The number of nitrogens with zero attached hydrogens (tertiary/aromatic N) is 2. The van der Waals surface area contributed by atoms with E-state index in [1.54, 1.807) is 38.4 Å². The molecule has 0 unspecified atom stereocenters. The van der Waals surface area contributed by atoms with Gasteiger partial charge in [-0.1, -0.05) is 12.1 Å². The van der Waals surface area contributed by atoms with Gasteiger partial charge >= 0.3 is 6.03 Å². The van der Waals surface area contributed by atoms with Crippen LogP contribution in [0, 0.1) is 5.82 Å². The summed E-state index contributed by atoms with van der Waals surface area (Å²) < 4.78 is 19.9. The van der Waals surface area contributed by atoms with E-state index in [1.165, 1.54) is 17.2 Å². The lowest BCUT2D eigenvalue weighted by atomic mass is 10.2. The van der Waals surface area contributed by atoms with Crippen LogP contribution in [0.15, 0.2) is 36.5 Å². The molecule has 2 N–H and O–H groups in total. The van der Waals surface area contributed by atoms with Crippen molar-refractivity contribution in [3.63, 3.8) is 0 Å². The molecule has 0 aliphatic heterocycles. The fourth-order valence-corrected chi connectivity index (χ4v) is 2.38. The van der Waals surface area contributed by atoms with Crippen molar-refractivity contribution >= 4 is 17.8 Å². The molecule has 0 saturated heterocycles. The summed E-state index contributed by atoms with van der Waals surface area (Å²) in [5.41, 5.74) is 0.731. The molecule has 142 valence electrons. The van der Waals surface area contributed by atoms with Crippen molar-refractivity contribution in [3.05, 3.63) is 53.5 Å². The minimum absolute atomic E-state index is 0.00411. The predicted octanol–water partition coefficient (Wildman–Crippen LogP) is 2.79. The fourth-order valence-electron chi connectivity index (χ4n) is 2.38. The van der Waals surface area contributed by atoms with E-state index in [9.17, 15) is 14.0 Å². The van der Waals surface area contributed by atoms with Crippen LogP contribution >= 0.6 is 0 Å². The maximum Gasteiger partial charge on any atom is 0.320 e. The number of carbonyl (C=O) groups excluding carboxylic acids is 2. The van der Waals surface area contributed by atoms with Crippen molar-refractivity contribution in [2.24, 2.45) is 0 Å². The molecule has 1 aliphatic carbocycles. The first-order chi connectivity index (χ1) is 12.9. The van der Waals surface area contributed by atoms with Crippen molar-refractivity contribution in [2.45, 2.75) is 25.5 Å². The van der Waals surface area contributed by atoms with Crippen LogP contribution in [0.2, 0.25) is 0 Å². The lowest BCUT2D eigenvalue weighted by Gasteiger charge is -2.12. The lowest BCUT2D eigenvalue weighted by Crippen LogP contribution is -2.29. The standard InChI is InChI=1S/C19H21FN4O3/c1-24(2)18(25)12-8-9-21-16(10-12)23-19(26)22-11-13-4-3-5-15(17(13)20)27-14-6-7-14/h3-5,8-10,14H,6-7,11H2,1-2H3,(H2,21,22,23,26). The second-order valence-electron chi connectivity index (χ2n) is 6.48. The number of pyridine rings is 1. The average molecular weight is 372 g/mol. The van der Waals surface area contributed by atoms with Gasteiger partial charge in [-0.3, -0.25) is 10.1 Å². The summed E-state index contributed by atoms with van der Waals surface area (Å²) in [6, 6.07) is 7.34. The van der Waals surface area contributed by atoms with Gasteiger partial charge in [-0.25, -0.2) is 14.2 Å². The number of benzene rings is 1. The molecule has 1 aromatic heterocycles. The molecular weight excluding hydrogens is 351 g/mol. The molecule has 27 heavy (non-hydrogen) atoms. The molecule has 1 fully saturated rings. The van der Waals surface area contributed by atoms with Gasteiger partial charge in [0.05, 0.1) is 6.10 Å². The number of amides is 3. The number of urea groups is 1. The van der Waals surface area contributed by atoms with Crippen molar-refractivity contribution in [1.82, 2.24) is 15.2 Å². The Balaban J connectivity index is 1.59. The van der Waals surface area contributed by atoms with E-state index in [4.69, 9.17) is 4.74 Å². The van der Waals surface area contributed by atoms with Crippen LogP contribution in [0.3, 0.4) is 0 Å². The van der Waals surface area contributed by atoms with Gasteiger partial charge < -0.3 is 15.0 Å². The zero-order chi connectivity index (χ0) is 19.4. The molecule has 0 spiro atoms. The molecule has 0 radical (unpaired) electrons. The van der Waals surface area contributed by atoms with Crippen LogP contribution in [-0.2, 0) is 6.54 Å². The summed E-state index contributed by atoms with van der Waals surface area (Å²) in [5.74, 6) is -0.239. The third-order valence-electron chi connectivity index (χ3n) is 3.96. The number of hydrogen-bond acceptors (Lipinski definition) is 4. The summed E-state index contributed by atoms with van der Waals surface area (Å²) >= 11 is 0. The molecule has 3 rings (SSSR count). The first-order valence-corrected chi connectivity index (χ1v) is 8.60. The number of nitrogens with one attached hydrogen (secondary N) is 2. The molecule has 8 heteroatoms. The van der Waals surface area contributed by atoms with Crippen LogP contribution < -0.4 is 15.4 Å². The highest BCUT2D eigenvalue weighted by atomic mass is 19.1. The topological polar surface area (TPSA) is 83.6 Å². The molecular formula is C19H21FN4O3. The number of ether oxygens (including phenoxy) is 1. The van der Waals surface area contributed by atoms with Crippen molar-refractivity contribution < 1.29 is 18.7 Å². The number of aromatic nitrogens is 1. The van der Waals surface area contributed by atoms with Gasteiger partial charge in [-0.2, -0.15) is 0 Å². The molecule has 2 aromatic rings. The van der Waals surface area contributed by atoms with Crippen LogP contribution in [-0.4, -0.2) is 42.0 Å². The quantitative estimate of drug-likeness (QED) is 0.817. The van der Waals surface area contributed by atoms with Gasteiger partial charge in [0.15, 0.2) is 11.6 Å². The summed E-state index contributed by atoms with van der Waals surface area (Å²) in [7, 11) is 3.27. The lowest BCUT2D eigenvalue weighted by molar-refractivity contribution is 0.0827. The first-order valence-electron chi connectivity index (χ1n) is 8.60. The van der Waals surface area contributed by atoms with Crippen molar-refractivity contribution in [1.29, 1.82) is 0 Å². The summed E-state index contributed by atoms with van der Waals surface area (Å²) in [5, 5.41) is 5.11. The van der Waals surface area contributed by atoms with E-state index in [-0.39, 0.29) is 30.1 Å². The molecule has 0 atom stereocenters. The maximum absolute atomic E-state index is 14.4. The maximum atomic E-state index is 14.4. The summed E-state index contributed by atoms with van der Waals surface area (Å²) in [6.45, 7) is -0.00411. The van der Waals surface area contributed by atoms with E-state index in [0.29, 0.717) is 11.1 Å². The molecule has 3 amide bonds. The van der Waals surface area contributed by atoms with E-state index in [0.717, 1.165) is 12.8 Å². The molecule has 7 nitrogen and oxygen atoms in total. The molecule has 1 heterocycles. The second-order valence-corrected chi connectivity index (χ2v) is 6.48. The van der Waals surface area contributed by atoms with Gasteiger partial charge in [-0.15, -0.1) is 0 Å². The van der Waals surface area contributed by atoms with Crippen molar-refractivity contribution in [2.75, 3.05) is 19.4 Å². The summed E-state index contributed by atoms with van der Waals surface area (Å²) in [4.78, 5) is 29.5. The van der Waals surface area contributed by atoms with E-state index >= 15 is 0 Å². The number of hydrogen-bond donors (Lipinski definition) is 2. The molecule has 1 aliphatic rings.